The Morgan fingerprint density at radius 2 is 1.94 bits per heavy atom. The van der Waals surface area contributed by atoms with E-state index >= 15 is 0 Å². The van der Waals surface area contributed by atoms with Crippen LogP contribution in [0, 0.1) is 11.6 Å². The minimum Gasteiger partial charge on any atom is -0.417 e. The van der Waals surface area contributed by atoms with Crippen molar-refractivity contribution in [3.8, 4) is 11.8 Å². The van der Waals surface area contributed by atoms with Crippen molar-refractivity contribution in [3.05, 3.63) is 41.8 Å². The quantitative estimate of drug-likeness (QED) is 0.873. The maximum Gasteiger partial charge on any atom is 0.399 e. The summed E-state index contributed by atoms with van der Waals surface area (Å²) in [6.07, 6.45) is 0.999. The van der Waals surface area contributed by atoms with Gasteiger partial charge in [-0.1, -0.05) is 0 Å². The highest BCUT2D eigenvalue weighted by atomic mass is 19.1. The predicted octanol–water partition coefficient (Wildman–Crippen LogP) is 2.24. The highest BCUT2D eigenvalue weighted by Crippen LogP contribution is 2.22. The molecule has 2 rings (SSSR count). The van der Waals surface area contributed by atoms with Gasteiger partial charge in [0.05, 0.1) is 6.61 Å². The highest BCUT2D eigenvalue weighted by molar-refractivity contribution is 5.26. The van der Waals surface area contributed by atoms with E-state index in [0.717, 1.165) is 18.2 Å². The lowest BCUT2D eigenvalue weighted by atomic mass is 10.3. The van der Waals surface area contributed by atoms with Crippen molar-refractivity contribution in [2.45, 2.75) is 6.61 Å². The number of hydrogen-bond acceptors (Lipinski definition) is 4. The Kier molecular flexibility index (Phi) is 2.82. The summed E-state index contributed by atoms with van der Waals surface area (Å²) in [6, 6.07) is 2.71. The van der Waals surface area contributed by atoms with Gasteiger partial charge < -0.3 is 14.3 Å². The Hall–Kier alpha value is -1.95. The number of benzene rings is 1. The molecule has 1 N–H and O–H groups in total. The van der Waals surface area contributed by atoms with Crippen LogP contribution in [0.25, 0.3) is 0 Å². The van der Waals surface area contributed by atoms with Gasteiger partial charge in [-0.15, -0.1) is 0 Å². The predicted molar refractivity (Wildman–Crippen MR) is 48.9 cm³/mol. The van der Waals surface area contributed by atoms with E-state index in [1.807, 2.05) is 0 Å². The second kappa shape index (κ2) is 4.28. The smallest absolute Gasteiger partial charge is 0.399 e. The number of ether oxygens (including phenoxy) is 1. The molecule has 1 aromatic heterocycles. The maximum atomic E-state index is 12.8. The van der Waals surface area contributed by atoms with Gasteiger partial charge >= 0.3 is 6.08 Å². The molecule has 16 heavy (non-hydrogen) atoms. The third kappa shape index (κ3) is 2.34. The molecule has 1 aromatic carbocycles. The third-order valence-electron chi connectivity index (χ3n) is 1.73. The monoisotopic (exact) mass is 227 g/mol. The number of aromatic nitrogens is 1. The van der Waals surface area contributed by atoms with Crippen LogP contribution >= 0.6 is 0 Å². The van der Waals surface area contributed by atoms with E-state index in [2.05, 4.69) is 4.98 Å². The molecular formula is C10H7F2NO3. The summed E-state index contributed by atoms with van der Waals surface area (Å²) >= 11 is 0. The molecular weight excluding hydrogens is 220 g/mol. The zero-order valence-corrected chi connectivity index (χ0v) is 7.98. The molecule has 0 radical (unpaired) electrons. The Labute approximate surface area is 89.1 Å². The lowest BCUT2D eigenvalue weighted by Crippen LogP contribution is -1.88. The molecule has 0 aliphatic carbocycles. The summed E-state index contributed by atoms with van der Waals surface area (Å²) in [5.74, 6) is -1.59. The molecule has 2 aromatic rings. The number of aliphatic hydroxyl groups excluding tert-OH is 1. The molecule has 0 spiro atoms. The summed E-state index contributed by atoms with van der Waals surface area (Å²) in [4.78, 5) is 3.70. The number of aliphatic hydroxyl groups is 1. The van der Waals surface area contributed by atoms with E-state index in [9.17, 15) is 8.78 Å². The molecule has 1 heterocycles. The first-order chi connectivity index (χ1) is 7.67. The van der Waals surface area contributed by atoms with Gasteiger partial charge in [-0.3, -0.25) is 0 Å². The normalized spacial score (nSPS) is 10.4. The fourth-order valence-electron chi connectivity index (χ4n) is 1.10. The van der Waals surface area contributed by atoms with Gasteiger partial charge in [0.2, 0.25) is 0 Å². The Bertz CT molecular complexity index is 478. The first-order valence-corrected chi connectivity index (χ1v) is 4.36. The van der Waals surface area contributed by atoms with Gasteiger partial charge in [0.1, 0.15) is 29.3 Å². The Morgan fingerprint density at radius 3 is 2.50 bits per heavy atom. The molecule has 0 aliphatic rings. The van der Waals surface area contributed by atoms with Gasteiger partial charge in [-0.25, -0.2) is 8.78 Å². The van der Waals surface area contributed by atoms with Crippen LogP contribution in [0.3, 0.4) is 0 Å². The molecule has 4 nitrogen and oxygen atoms in total. The Morgan fingerprint density at radius 1 is 1.25 bits per heavy atom. The SMILES string of the molecule is OCc1coc(Oc2cc(F)cc(F)c2)n1. The average molecular weight is 227 g/mol. The molecule has 0 bridgehead atoms. The second-order valence-corrected chi connectivity index (χ2v) is 2.97. The zero-order chi connectivity index (χ0) is 11.5. The molecule has 0 fully saturated rings. The van der Waals surface area contributed by atoms with Crippen molar-refractivity contribution in [2.75, 3.05) is 0 Å². The van der Waals surface area contributed by atoms with Gasteiger partial charge in [0.25, 0.3) is 0 Å². The van der Waals surface area contributed by atoms with Gasteiger partial charge in [0.15, 0.2) is 0 Å². The van der Waals surface area contributed by atoms with Crippen molar-refractivity contribution < 1.29 is 23.0 Å². The lowest BCUT2D eigenvalue weighted by molar-refractivity contribution is 0.276. The lowest BCUT2D eigenvalue weighted by Gasteiger charge is -2.00. The second-order valence-electron chi connectivity index (χ2n) is 2.97. The molecule has 6 heteroatoms. The van der Waals surface area contributed by atoms with E-state index < -0.39 is 11.6 Å². The van der Waals surface area contributed by atoms with Crippen molar-refractivity contribution in [2.24, 2.45) is 0 Å². The van der Waals surface area contributed by atoms with Crippen LogP contribution in [0.15, 0.2) is 28.9 Å². The molecule has 0 amide bonds. The molecule has 84 valence electrons. The third-order valence-corrected chi connectivity index (χ3v) is 1.73. The van der Waals surface area contributed by atoms with Gasteiger partial charge in [0, 0.05) is 18.2 Å². The molecule has 0 unspecified atom stereocenters. The van der Waals surface area contributed by atoms with Crippen LogP contribution in [0.1, 0.15) is 5.69 Å². The molecule has 0 atom stereocenters. The van der Waals surface area contributed by atoms with E-state index in [-0.39, 0.29) is 24.1 Å². The Balaban J connectivity index is 2.19. The number of nitrogens with zero attached hydrogens (tertiary/aromatic N) is 1. The van der Waals surface area contributed by atoms with Crippen LogP contribution in [0.5, 0.6) is 11.8 Å². The van der Waals surface area contributed by atoms with Crippen LogP contribution in [-0.2, 0) is 6.61 Å². The fraction of sp³-hybridized carbons (Fsp3) is 0.100. The average Bonchev–Trinajstić information content (AvgIpc) is 2.64. The van der Waals surface area contributed by atoms with Crippen LogP contribution in [0.4, 0.5) is 8.78 Å². The van der Waals surface area contributed by atoms with Crippen molar-refractivity contribution in [3.63, 3.8) is 0 Å². The zero-order valence-electron chi connectivity index (χ0n) is 7.98. The first kappa shape index (κ1) is 10.6. The van der Waals surface area contributed by atoms with Crippen LogP contribution < -0.4 is 4.74 Å². The number of oxazole rings is 1. The number of hydrogen-bond donors (Lipinski definition) is 1. The van der Waals surface area contributed by atoms with Crippen LogP contribution in [-0.4, -0.2) is 10.1 Å². The largest absolute Gasteiger partial charge is 0.417 e. The van der Waals surface area contributed by atoms with Gasteiger partial charge in [-0.2, -0.15) is 4.98 Å². The number of rotatable bonds is 3. The summed E-state index contributed by atoms with van der Waals surface area (Å²) in [7, 11) is 0. The topological polar surface area (TPSA) is 55.5 Å². The summed E-state index contributed by atoms with van der Waals surface area (Å²) in [5.41, 5.74) is 0.270. The van der Waals surface area contributed by atoms with Crippen molar-refractivity contribution >= 4 is 0 Å². The minimum atomic E-state index is -0.760. The first-order valence-electron chi connectivity index (χ1n) is 4.36. The van der Waals surface area contributed by atoms with E-state index in [0.29, 0.717) is 0 Å². The summed E-state index contributed by atoms with van der Waals surface area (Å²) in [5, 5.41) is 8.71. The molecule has 0 aliphatic heterocycles. The van der Waals surface area contributed by atoms with E-state index in [1.165, 1.54) is 6.26 Å². The molecule has 0 saturated carbocycles. The van der Waals surface area contributed by atoms with Crippen LogP contribution in [0.2, 0.25) is 0 Å². The minimum absolute atomic E-state index is 0.0659. The van der Waals surface area contributed by atoms with E-state index in [1.54, 1.807) is 0 Å². The van der Waals surface area contributed by atoms with Gasteiger partial charge in [-0.05, 0) is 0 Å². The summed E-state index contributed by atoms with van der Waals surface area (Å²) in [6.45, 7) is -0.301. The standard InChI is InChI=1S/C10H7F2NO3/c11-6-1-7(12)3-9(2-6)16-10-13-8(4-14)5-15-10/h1-3,5,14H,4H2. The molecule has 0 saturated heterocycles. The maximum absolute atomic E-state index is 12.8. The summed E-state index contributed by atoms with van der Waals surface area (Å²) < 4.78 is 35.3. The van der Waals surface area contributed by atoms with Crippen molar-refractivity contribution in [1.82, 2.24) is 4.98 Å². The van der Waals surface area contributed by atoms with E-state index in [4.69, 9.17) is 14.3 Å². The number of halogens is 2. The van der Waals surface area contributed by atoms with Crippen molar-refractivity contribution in [1.29, 1.82) is 0 Å². The highest BCUT2D eigenvalue weighted by Gasteiger charge is 2.07. The fourth-order valence-corrected chi connectivity index (χ4v) is 1.10.